The monoisotopic (exact) mass is 318 g/mol. The molecule has 1 aromatic rings. The van der Waals surface area contributed by atoms with Crippen LogP contribution < -0.4 is 0 Å². The fraction of sp³-hybridized carbons (Fsp3) is 0.273. The average Bonchev–Trinajstić information content (AvgIpc) is 2.25. The fourth-order valence-corrected chi connectivity index (χ4v) is 3.07. The molecule has 0 aromatic heterocycles. The molecular weight excluding hydrogens is 308 g/mol. The van der Waals surface area contributed by atoms with Gasteiger partial charge in [0.05, 0.1) is 0 Å². The molecule has 0 saturated heterocycles. The van der Waals surface area contributed by atoms with E-state index in [-0.39, 0.29) is 5.12 Å². The van der Waals surface area contributed by atoms with Crippen LogP contribution in [0.15, 0.2) is 27.6 Å². The van der Waals surface area contributed by atoms with Crippen LogP contribution in [0.3, 0.4) is 0 Å². The number of hydrogen-bond donors (Lipinski definition) is 0. The van der Waals surface area contributed by atoms with Crippen molar-refractivity contribution < 1.29 is 9.59 Å². The van der Waals surface area contributed by atoms with E-state index in [1.165, 1.54) is 11.8 Å². The third-order valence-electron chi connectivity index (χ3n) is 1.75. The first-order valence-electron chi connectivity index (χ1n) is 4.64. The predicted octanol–water partition coefficient (Wildman–Crippen LogP) is 3.63. The van der Waals surface area contributed by atoms with Crippen LogP contribution in [-0.4, -0.2) is 22.9 Å². The molecule has 0 saturated carbocycles. The second-order valence-electron chi connectivity index (χ2n) is 2.99. The van der Waals surface area contributed by atoms with Gasteiger partial charge >= 0.3 is 0 Å². The van der Waals surface area contributed by atoms with E-state index in [9.17, 15) is 9.59 Å². The van der Waals surface area contributed by atoms with Gasteiger partial charge in [0.2, 0.25) is 0 Å². The van der Waals surface area contributed by atoms with Gasteiger partial charge in [0.25, 0.3) is 0 Å². The van der Waals surface area contributed by atoms with E-state index in [4.69, 9.17) is 0 Å². The number of aldehydes is 1. The average molecular weight is 319 g/mol. The van der Waals surface area contributed by atoms with Gasteiger partial charge in [-0.1, -0.05) is 27.7 Å². The number of benzene rings is 1. The molecule has 0 unspecified atom stereocenters. The molecule has 1 aromatic carbocycles. The zero-order valence-electron chi connectivity index (χ0n) is 8.73. The van der Waals surface area contributed by atoms with E-state index >= 15 is 0 Å². The fourth-order valence-electron chi connectivity index (χ4n) is 1.08. The van der Waals surface area contributed by atoms with Gasteiger partial charge in [-0.3, -0.25) is 9.59 Å². The maximum atomic E-state index is 10.8. The number of thioether (sulfide) groups is 2. The van der Waals surface area contributed by atoms with Crippen molar-refractivity contribution >= 4 is 50.9 Å². The van der Waals surface area contributed by atoms with E-state index in [2.05, 4.69) is 15.9 Å². The number of rotatable bonds is 5. The molecule has 2 nitrogen and oxygen atoms in total. The third-order valence-corrected chi connectivity index (χ3v) is 4.40. The summed E-state index contributed by atoms with van der Waals surface area (Å²) in [6, 6.07) is 5.62. The Kier molecular flexibility index (Phi) is 6.16. The lowest BCUT2D eigenvalue weighted by atomic mass is 10.2. The molecule has 0 amide bonds. The molecule has 86 valence electrons. The van der Waals surface area contributed by atoms with Crippen molar-refractivity contribution in [1.82, 2.24) is 0 Å². The summed E-state index contributed by atoms with van der Waals surface area (Å²) >= 11 is 6.23. The van der Waals surface area contributed by atoms with E-state index < -0.39 is 0 Å². The minimum Gasteiger partial charge on any atom is -0.298 e. The van der Waals surface area contributed by atoms with E-state index in [0.29, 0.717) is 5.56 Å². The Morgan fingerprint density at radius 2 is 2.19 bits per heavy atom. The summed E-state index contributed by atoms with van der Waals surface area (Å²) < 4.78 is 0.900. The van der Waals surface area contributed by atoms with Gasteiger partial charge < -0.3 is 0 Å². The number of halogens is 1. The molecule has 1 rings (SSSR count). The van der Waals surface area contributed by atoms with Crippen molar-refractivity contribution in [2.75, 3.05) is 11.5 Å². The van der Waals surface area contributed by atoms with Crippen LogP contribution in [0.2, 0.25) is 0 Å². The summed E-state index contributed by atoms with van der Waals surface area (Å²) in [7, 11) is 0. The Morgan fingerprint density at radius 3 is 2.81 bits per heavy atom. The molecule has 16 heavy (non-hydrogen) atoms. The second-order valence-corrected chi connectivity index (χ2v) is 6.31. The molecular formula is C11H11BrO2S2. The lowest BCUT2D eigenvalue weighted by molar-refractivity contribution is -0.109. The zero-order chi connectivity index (χ0) is 12.0. The minimum atomic E-state index is 0.131. The molecule has 0 N–H and O–H groups in total. The molecule has 0 fully saturated rings. The standard InChI is InChI=1S/C11H11BrO2S2/c1-8(14)15-4-5-16-11-3-2-10(12)6-9(11)7-13/h2-3,6-7H,4-5H2,1H3. The second kappa shape index (κ2) is 7.14. The highest BCUT2D eigenvalue weighted by molar-refractivity contribution is 9.10. The van der Waals surface area contributed by atoms with Gasteiger partial charge in [-0.25, -0.2) is 0 Å². The molecule has 0 radical (unpaired) electrons. The first-order valence-corrected chi connectivity index (χ1v) is 7.41. The molecule has 0 atom stereocenters. The Morgan fingerprint density at radius 1 is 1.44 bits per heavy atom. The van der Waals surface area contributed by atoms with Crippen molar-refractivity contribution in [1.29, 1.82) is 0 Å². The summed E-state index contributed by atoms with van der Waals surface area (Å²) in [6.07, 6.45) is 0.852. The third kappa shape index (κ3) is 4.72. The maximum Gasteiger partial charge on any atom is 0.185 e. The highest BCUT2D eigenvalue weighted by Gasteiger charge is 2.03. The molecule has 0 aliphatic heterocycles. The van der Waals surface area contributed by atoms with Crippen LogP contribution >= 0.6 is 39.5 Å². The lowest BCUT2D eigenvalue weighted by Gasteiger charge is -2.04. The van der Waals surface area contributed by atoms with Crippen molar-refractivity contribution in [3.8, 4) is 0 Å². The van der Waals surface area contributed by atoms with Gasteiger partial charge in [-0.05, 0) is 18.2 Å². The summed E-state index contributed by atoms with van der Waals surface area (Å²) in [5.74, 6) is 1.60. The Balaban J connectivity index is 2.53. The maximum absolute atomic E-state index is 10.8. The Labute approximate surface area is 112 Å². The summed E-state index contributed by atoms with van der Waals surface area (Å²) in [6.45, 7) is 1.56. The van der Waals surface area contributed by atoms with Crippen molar-refractivity contribution in [3.05, 3.63) is 28.2 Å². The number of hydrogen-bond acceptors (Lipinski definition) is 4. The summed E-state index contributed by atoms with van der Waals surface area (Å²) in [5, 5.41) is 0.131. The van der Waals surface area contributed by atoms with Crippen molar-refractivity contribution in [3.63, 3.8) is 0 Å². The molecule has 0 aliphatic carbocycles. The highest BCUT2D eigenvalue weighted by atomic mass is 79.9. The van der Waals surface area contributed by atoms with Gasteiger partial charge in [-0.2, -0.15) is 0 Å². The topological polar surface area (TPSA) is 34.1 Å². The first kappa shape index (κ1) is 13.8. The quantitative estimate of drug-likeness (QED) is 0.471. The van der Waals surface area contributed by atoms with E-state index in [0.717, 1.165) is 27.2 Å². The number of carbonyl (C=O) groups is 2. The van der Waals surface area contributed by atoms with Gasteiger partial charge in [0.1, 0.15) is 0 Å². The van der Waals surface area contributed by atoms with Gasteiger partial charge in [0, 0.05) is 33.4 Å². The molecule has 5 heteroatoms. The first-order chi connectivity index (χ1) is 7.63. The molecule has 0 aliphatic rings. The van der Waals surface area contributed by atoms with Gasteiger partial charge in [-0.15, -0.1) is 11.8 Å². The SMILES string of the molecule is CC(=O)SCCSc1ccc(Br)cc1C=O. The van der Waals surface area contributed by atoms with Crippen LogP contribution in [0.5, 0.6) is 0 Å². The summed E-state index contributed by atoms with van der Waals surface area (Å²) in [4.78, 5) is 22.5. The van der Waals surface area contributed by atoms with Crippen LogP contribution in [0, 0.1) is 0 Å². The van der Waals surface area contributed by atoms with Crippen LogP contribution in [0.4, 0.5) is 0 Å². The molecule has 0 heterocycles. The van der Waals surface area contributed by atoms with E-state index in [1.54, 1.807) is 24.8 Å². The molecule has 0 bridgehead atoms. The largest absolute Gasteiger partial charge is 0.298 e. The van der Waals surface area contributed by atoms with E-state index in [1.807, 2.05) is 12.1 Å². The highest BCUT2D eigenvalue weighted by Crippen LogP contribution is 2.25. The number of carbonyl (C=O) groups excluding carboxylic acids is 2. The Bertz CT molecular complexity index is 394. The van der Waals surface area contributed by atoms with Crippen LogP contribution in [0.1, 0.15) is 17.3 Å². The van der Waals surface area contributed by atoms with Crippen molar-refractivity contribution in [2.24, 2.45) is 0 Å². The minimum absolute atomic E-state index is 0.131. The Hall–Kier alpha value is -0.260. The predicted molar refractivity (Wildman–Crippen MR) is 73.4 cm³/mol. The van der Waals surface area contributed by atoms with Crippen molar-refractivity contribution in [2.45, 2.75) is 11.8 Å². The normalized spacial score (nSPS) is 10.1. The molecule has 0 spiro atoms. The zero-order valence-corrected chi connectivity index (χ0v) is 12.0. The summed E-state index contributed by atoms with van der Waals surface area (Å²) in [5.41, 5.74) is 0.687. The lowest BCUT2D eigenvalue weighted by Crippen LogP contribution is -1.91. The van der Waals surface area contributed by atoms with Crippen LogP contribution in [-0.2, 0) is 4.79 Å². The van der Waals surface area contributed by atoms with Crippen LogP contribution in [0.25, 0.3) is 0 Å². The smallest absolute Gasteiger partial charge is 0.185 e. The van der Waals surface area contributed by atoms with Gasteiger partial charge in [0.15, 0.2) is 11.4 Å².